The van der Waals surface area contributed by atoms with Crippen molar-refractivity contribution in [1.82, 2.24) is 24.9 Å². The molecule has 148 valence electrons. The molecule has 1 aliphatic rings. The van der Waals surface area contributed by atoms with Crippen LogP contribution in [0.15, 0.2) is 41.0 Å². The SMILES string of the molecule is OC(COc1ccc(-c2nc3cc(Br)cnc3[nH]2)cc1)CN1CCN(O)CC1. The number of piperazine rings is 1. The summed E-state index contributed by atoms with van der Waals surface area (Å²) in [7, 11) is 0. The molecule has 0 amide bonds. The Morgan fingerprint density at radius 1 is 1.18 bits per heavy atom. The van der Waals surface area contributed by atoms with Crippen molar-refractivity contribution >= 4 is 27.1 Å². The maximum atomic E-state index is 10.2. The summed E-state index contributed by atoms with van der Waals surface area (Å²) in [5.74, 6) is 1.44. The summed E-state index contributed by atoms with van der Waals surface area (Å²) < 4.78 is 6.60. The van der Waals surface area contributed by atoms with E-state index in [1.165, 1.54) is 5.06 Å². The van der Waals surface area contributed by atoms with Crippen LogP contribution < -0.4 is 4.74 Å². The van der Waals surface area contributed by atoms with E-state index in [0.717, 1.165) is 40.1 Å². The van der Waals surface area contributed by atoms with E-state index in [9.17, 15) is 10.3 Å². The van der Waals surface area contributed by atoms with E-state index < -0.39 is 6.10 Å². The van der Waals surface area contributed by atoms with E-state index in [0.29, 0.717) is 25.4 Å². The Labute approximate surface area is 170 Å². The molecule has 0 bridgehead atoms. The molecule has 0 saturated carbocycles. The molecule has 1 unspecified atom stereocenters. The Morgan fingerprint density at radius 2 is 1.93 bits per heavy atom. The molecular formula is C19H22BrN5O3. The number of pyridine rings is 1. The van der Waals surface area contributed by atoms with Crippen molar-refractivity contribution in [2.75, 3.05) is 39.3 Å². The third-order valence-electron chi connectivity index (χ3n) is 4.69. The molecular weight excluding hydrogens is 426 g/mol. The van der Waals surface area contributed by atoms with Crippen LogP contribution in [-0.2, 0) is 0 Å². The lowest BCUT2D eigenvalue weighted by Gasteiger charge is -2.32. The van der Waals surface area contributed by atoms with E-state index in [2.05, 4.69) is 35.8 Å². The van der Waals surface area contributed by atoms with Crippen LogP contribution in [0.25, 0.3) is 22.6 Å². The normalized spacial score (nSPS) is 17.1. The summed E-state index contributed by atoms with van der Waals surface area (Å²) >= 11 is 3.40. The minimum Gasteiger partial charge on any atom is -0.491 e. The van der Waals surface area contributed by atoms with Gasteiger partial charge in [-0.2, -0.15) is 5.06 Å². The van der Waals surface area contributed by atoms with Crippen LogP contribution in [0.5, 0.6) is 5.75 Å². The highest BCUT2D eigenvalue weighted by Gasteiger charge is 2.18. The van der Waals surface area contributed by atoms with Crippen molar-refractivity contribution in [3.8, 4) is 17.1 Å². The van der Waals surface area contributed by atoms with Crippen LogP contribution in [0.1, 0.15) is 0 Å². The van der Waals surface area contributed by atoms with Crippen LogP contribution in [0, 0.1) is 0 Å². The quantitative estimate of drug-likeness (QED) is 0.532. The third kappa shape index (κ3) is 4.68. The molecule has 2 aromatic heterocycles. The number of fused-ring (bicyclic) bond motifs is 1. The molecule has 8 nitrogen and oxygen atoms in total. The lowest BCUT2D eigenvalue weighted by Crippen LogP contribution is -2.48. The van der Waals surface area contributed by atoms with Gasteiger partial charge in [-0.1, -0.05) is 0 Å². The second-order valence-electron chi connectivity index (χ2n) is 6.85. The fraction of sp³-hybridized carbons (Fsp3) is 0.368. The van der Waals surface area contributed by atoms with Crippen molar-refractivity contribution in [2.45, 2.75) is 6.10 Å². The number of β-amino-alcohol motifs (C(OH)–C–C–N with tert-alkyl or cyclic N) is 1. The molecule has 28 heavy (non-hydrogen) atoms. The lowest BCUT2D eigenvalue weighted by atomic mass is 10.2. The zero-order chi connectivity index (χ0) is 19.5. The topological polar surface area (TPSA) is 97.7 Å². The second kappa shape index (κ2) is 8.54. The van der Waals surface area contributed by atoms with Gasteiger partial charge in [0.2, 0.25) is 0 Å². The number of aromatic nitrogens is 3. The predicted molar refractivity (Wildman–Crippen MR) is 108 cm³/mol. The molecule has 9 heteroatoms. The smallest absolute Gasteiger partial charge is 0.157 e. The molecule has 1 fully saturated rings. The molecule has 3 heterocycles. The monoisotopic (exact) mass is 447 g/mol. The maximum absolute atomic E-state index is 10.2. The summed E-state index contributed by atoms with van der Waals surface area (Å²) in [4.78, 5) is 14.2. The molecule has 0 spiro atoms. The van der Waals surface area contributed by atoms with Crippen LogP contribution in [-0.4, -0.2) is 80.7 Å². The van der Waals surface area contributed by atoms with Gasteiger partial charge in [-0.05, 0) is 46.3 Å². The fourth-order valence-electron chi connectivity index (χ4n) is 3.18. The minimum absolute atomic E-state index is 0.223. The first-order valence-corrected chi connectivity index (χ1v) is 9.95. The van der Waals surface area contributed by atoms with Crippen LogP contribution in [0.3, 0.4) is 0 Å². The number of nitrogens with zero attached hydrogens (tertiary/aromatic N) is 4. The maximum Gasteiger partial charge on any atom is 0.157 e. The van der Waals surface area contributed by atoms with E-state index in [-0.39, 0.29) is 6.61 Å². The molecule has 4 rings (SSSR count). The van der Waals surface area contributed by atoms with Crippen molar-refractivity contribution in [1.29, 1.82) is 0 Å². The van der Waals surface area contributed by atoms with Gasteiger partial charge >= 0.3 is 0 Å². The first-order chi connectivity index (χ1) is 13.6. The number of halogens is 1. The second-order valence-corrected chi connectivity index (χ2v) is 7.77. The van der Waals surface area contributed by atoms with E-state index in [1.54, 1.807) is 6.20 Å². The molecule has 3 N–H and O–H groups in total. The highest BCUT2D eigenvalue weighted by molar-refractivity contribution is 9.10. The number of aliphatic hydroxyl groups excluding tert-OH is 1. The van der Waals surface area contributed by atoms with Crippen molar-refractivity contribution in [3.05, 3.63) is 41.0 Å². The zero-order valence-electron chi connectivity index (χ0n) is 15.3. The van der Waals surface area contributed by atoms with Gasteiger partial charge in [-0.15, -0.1) is 0 Å². The van der Waals surface area contributed by atoms with Gasteiger partial charge in [0.1, 0.15) is 29.8 Å². The number of H-pyrrole nitrogens is 1. The largest absolute Gasteiger partial charge is 0.491 e. The zero-order valence-corrected chi connectivity index (χ0v) is 16.8. The van der Waals surface area contributed by atoms with Gasteiger partial charge in [-0.25, -0.2) is 9.97 Å². The van der Waals surface area contributed by atoms with E-state index in [1.807, 2.05) is 30.3 Å². The Hall–Kier alpha value is -2.04. The Kier molecular flexibility index (Phi) is 5.88. The Morgan fingerprint density at radius 3 is 2.68 bits per heavy atom. The average molecular weight is 448 g/mol. The summed E-state index contributed by atoms with van der Waals surface area (Å²) in [5, 5.41) is 20.9. The molecule has 3 aromatic rings. The van der Waals surface area contributed by atoms with Gasteiger partial charge in [0, 0.05) is 49.0 Å². The molecule has 1 aromatic carbocycles. The van der Waals surface area contributed by atoms with E-state index in [4.69, 9.17) is 4.74 Å². The number of hydroxylamine groups is 2. The molecule has 1 atom stereocenters. The summed E-state index contributed by atoms with van der Waals surface area (Å²) in [5.41, 5.74) is 2.47. The number of hydrogen-bond acceptors (Lipinski definition) is 7. The van der Waals surface area contributed by atoms with Crippen LogP contribution in [0.2, 0.25) is 0 Å². The lowest BCUT2D eigenvalue weighted by molar-refractivity contribution is -0.120. The molecule has 0 aliphatic carbocycles. The number of ether oxygens (including phenoxy) is 1. The molecule has 1 saturated heterocycles. The Bertz CT molecular complexity index is 925. The van der Waals surface area contributed by atoms with Gasteiger partial charge in [0.05, 0.1) is 0 Å². The van der Waals surface area contributed by atoms with E-state index >= 15 is 0 Å². The fourth-order valence-corrected chi connectivity index (χ4v) is 3.50. The van der Waals surface area contributed by atoms with Crippen LogP contribution >= 0.6 is 15.9 Å². The number of nitrogens with one attached hydrogen (secondary N) is 1. The third-order valence-corrected chi connectivity index (χ3v) is 5.12. The average Bonchev–Trinajstić information content (AvgIpc) is 3.12. The van der Waals surface area contributed by atoms with Crippen molar-refractivity contribution in [3.63, 3.8) is 0 Å². The van der Waals surface area contributed by atoms with Gasteiger partial charge in [0.25, 0.3) is 0 Å². The summed E-state index contributed by atoms with van der Waals surface area (Å²) in [6, 6.07) is 9.50. The van der Waals surface area contributed by atoms with Gasteiger partial charge in [0.15, 0.2) is 5.65 Å². The number of aliphatic hydroxyl groups is 1. The molecule has 1 aliphatic heterocycles. The minimum atomic E-state index is -0.579. The van der Waals surface area contributed by atoms with Gasteiger partial charge in [-0.3, -0.25) is 4.90 Å². The number of imidazole rings is 1. The highest BCUT2D eigenvalue weighted by atomic mass is 79.9. The summed E-state index contributed by atoms with van der Waals surface area (Å²) in [6.45, 7) is 3.44. The van der Waals surface area contributed by atoms with Crippen LogP contribution in [0.4, 0.5) is 0 Å². The Balaban J connectivity index is 1.32. The first kappa shape index (κ1) is 19.3. The van der Waals surface area contributed by atoms with Gasteiger partial charge < -0.3 is 20.0 Å². The number of hydrogen-bond donors (Lipinski definition) is 3. The molecule has 0 radical (unpaired) electrons. The standard InChI is InChI=1S/C19H22BrN5O3/c20-14-9-17-19(21-10-14)23-18(22-17)13-1-3-16(4-2-13)28-12-15(26)11-24-5-7-25(27)8-6-24/h1-4,9-10,15,26-27H,5-8,11-12H2,(H,21,22,23). The van der Waals surface area contributed by atoms with Crippen molar-refractivity contribution < 1.29 is 15.1 Å². The predicted octanol–water partition coefficient (Wildman–Crippen LogP) is 2.13. The summed E-state index contributed by atoms with van der Waals surface area (Å²) in [6.07, 6.45) is 1.15. The number of benzene rings is 1. The highest BCUT2D eigenvalue weighted by Crippen LogP contribution is 2.23. The number of aromatic amines is 1. The first-order valence-electron chi connectivity index (χ1n) is 9.15. The number of rotatable bonds is 6. The van der Waals surface area contributed by atoms with Crippen molar-refractivity contribution in [2.24, 2.45) is 0 Å².